The van der Waals surface area contributed by atoms with E-state index in [4.69, 9.17) is 23.2 Å². The minimum atomic E-state index is -1.30. The first-order valence-electron chi connectivity index (χ1n) is 13.4. The SMILES string of the molecule is CC(=O)c1cn(C(=O)CN2CC(F)CC2C(=O)Nc2nnc(-c3ccc(Cl)c(Cl)c3)s2)c2ccc(Nc3cncnc3)cc12. The largest absolute Gasteiger partial charge is 0.353 e. The third-order valence-corrected chi connectivity index (χ3v) is 8.74. The van der Waals surface area contributed by atoms with Crippen LogP contribution in [-0.4, -0.2) is 72.5 Å². The molecule has 1 amide bonds. The summed E-state index contributed by atoms with van der Waals surface area (Å²) in [6.45, 7) is 1.08. The maximum absolute atomic E-state index is 14.6. The Morgan fingerprint density at radius 2 is 1.84 bits per heavy atom. The number of halogens is 3. The lowest BCUT2D eigenvalue weighted by atomic mass is 10.1. The quantitative estimate of drug-likeness (QED) is 0.197. The number of aromatic nitrogens is 5. The van der Waals surface area contributed by atoms with E-state index in [1.54, 1.807) is 48.8 Å². The molecule has 0 bridgehead atoms. The number of nitrogens with zero attached hydrogens (tertiary/aromatic N) is 6. The fraction of sp³-hybridized carbons (Fsp3) is 0.207. The number of ketones is 1. The van der Waals surface area contributed by atoms with Gasteiger partial charge in [-0.05, 0) is 37.3 Å². The molecule has 6 rings (SSSR count). The zero-order valence-electron chi connectivity index (χ0n) is 23.0. The molecule has 15 heteroatoms. The number of likely N-dealkylation sites (tertiary alicyclic amines) is 1. The molecule has 11 nitrogen and oxygen atoms in total. The number of hydrogen-bond donors (Lipinski definition) is 2. The highest BCUT2D eigenvalue weighted by molar-refractivity contribution is 7.18. The van der Waals surface area contributed by atoms with Crippen LogP contribution in [0.5, 0.6) is 0 Å². The second-order valence-electron chi connectivity index (χ2n) is 10.2. The van der Waals surface area contributed by atoms with E-state index >= 15 is 0 Å². The predicted molar refractivity (Wildman–Crippen MR) is 167 cm³/mol. The standard InChI is InChI=1S/C29H23Cl2FN8O3S/c1-15(41)21-12-40(24-5-3-18(8-20(21)24)35-19-9-33-14-34-10-19)26(42)13-39-11-17(32)7-25(39)27(43)36-29-38-37-28(44-29)16-2-4-22(30)23(31)6-16/h2-6,8-10,12,14,17,25,35H,7,11,13H2,1H3,(H,36,38,43). The van der Waals surface area contributed by atoms with E-state index in [2.05, 4.69) is 30.8 Å². The number of rotatable bonds is 8. The second-order valence-corrected chi connectivity index (χ2v) is 11.9. The van der Waals surface area contributed by atoms with Crippen LogP contribution in [0.25, 0.3) is 21.5 Å². The van der Waals surface area contributed by atoms with Gasteiger partial charge in [0.2, 0.25) is 16.9 Å². The molecule has 5 aromatic rings. The van der Waals surface area contributed by atoms with E-state index in [9.17, 15) is 18.8 Å². The van der Waals surface area contributed by atoms with E-state index in [-0.39, 0.29) is 30.4 Å². The van der Waals surface area contributed by atoms with E-state index < -0.39 is 24.0 Å². The third-order valence-electron chi connectivity index (χ3n) is 7.12. The number of hydrogen-bond acceptors (Lipinski definition) is 10. The number of carbonyl (C=O) groups is 3. The van der Waals surface area contributed by atoms with E-state index in [0.717, 1.165) is 11.3 Å². The van der Waals surface area contributed by atoms with Crippen LogP contribution in [-0.2, 0) is 4.79 Å². The van der Waals surface area contributed by atoms with Crippen molar-refractivity contribution < 1.29 is 18.8 Å². The van der Waals surface area contributed by atoms with Gasteiger partial charge in [0.25, 0.3) is 0 Å². The van der Waals surface area contributed by atoms with Crippen LogP contribution in [0.15, 0.2) is 61.3 Å². The summed E-state index contributed by atoms with van der Waals surface area (Å²) in [5.41, 5.74) is 2.88. The summed E-state index contributed by atoms with van der Waals surface area (Å²) in [4.78, 5) is 48.7. The van der Waals surface area contributed by atoms with Crippen molar-refractivity contribution in [3.05, 3.63) is 76.9 Å². The van der Waals surface area contributed by atoms with E-state index in [1.165, 1.54) is 28.9 Å². The molecule has 44 heavy (non-hydrogen) atoms. The normalized spacial score (nSPS) is 16.7. The first kappa shape index (κ1) is 29.8. The molecule has 0 radical (unpaired) electrons. The van der Waals surface area contributed by atoms with Gasteiger partial charge < -0.3 is 5.32 Å². The number of benzene rings is 2. The maximum atomic E-state index is 14.6. The first-order valence-corrected chi connectivity index (χ1v) is 14.9. The highest BCUT2D eigenvalue weighted by Crippen LogP contribution is 2.32. The molecule has 2 unspecified atom stereocenters. The van der Waals surface area contributed by atoms with Crippen LogP contribution in [0.3, 0.4) is 0 Å². The van der Waals surface area contributed by atoms with Gasteiger partial charge in [0, 0.05) is 41.4 Å². The maximum Gasteiger partial charge on any atom is 0.245 e. The predicted octanol–water partition coefficient (Wildman–Crippen LogP) is 5.89. The molecule has 1 aliphatic rings. The van der Waals surface area contributed by atoms with Gasteiger partial charge in [0.15, 0.2) is 5.78 Å². The average molecular weight is 654 g/mol. The van der Waals surface area contributed by atoms with Crippen molar-refractivity contribution in [2.75, 3.05) is 23.7 Å². The number of fused-ring (bicyclic) bond motifs is 1. The van der Waals surface area contributed by atoms with Gasteiger partial charge in [-0.2, -0.15) is 0 Å². The van der Waals surface area contributed by atoms with Gasteiger partial charge in [0.05, 0.1) is 46.2 Å². The molecule has 1 fully saturated rings. The lowest BCUT2D eigenvalue weighted by Gasteiger charge is -2.22. The Hall–Kier alpha value is -4.30. The number of Topliss-reactive ketones (excluding diaryl/α,β-unsaturated/α-hetero) is 1. The number of amides is 1. The minimum absolute atomic E-state index is 0.0824. The Bertz CT molecular complexity index is 1900. The van der Waals surface area contributed by atoms with Crippen molar-refractivity contribution >= 4 is 79.5 Å². The highest BCUT2D eigenvalue weighted by atomic mass is 35.5. The van der Waals surface area contributed by atoms with Crippen molar-refractivity contribution in [3.63, 3.8) is 0 Å². The van der Waals surface area contributed by atoms with E-state index in [1.807, 2.05) is 0 Å². The number of carbonyl (C=O) groups excluding carboxylic acids is 3. The number of nitrogens with one attached hydrogen (secondary N) is 2. The van der Waals surface area contributed by atoms with Crippen LogP contribution in [0.2, 0.25) is 10.0 Å². The van der Waals surface area contributed by atoms with Crippen molar-refractivity contribution in [3.8, 4) is 10.6 Å². The molecular formula is C29H23Cl2FN8O3S. The molecule has 2 aromatic carbocycles. The second kappa shape index (κ2) is 12.4. The third kappa shape index (κ3) is 6.17. The van der Waals surface area contributed by atoms with Gasteiger partial charge in [0.1, 0.15) is 17.5 Å². The Labute approximate surface area is 264 Å². The van der Waals surface area contributed by atoms with Gasteiger partial charge >= 0.3 is 0 Å². The highest BCUT2D eigenvalue weighted by Gasteiger charge is 2.38. The molecule has 1 aliphatic heterocycles. The van der Waals surface area contributed by atoms with Crippen molar-refractivity contribution in [1.29, 1.82) is 0 Å². The summed E-state index contributed by atoms with van der Waals surface area (Å²) in [6.07, 6.45) is 4.73. The Morgan fingerprint density at radius 1 is 1.05 bits per heavy atom. The minimum Gasteiger partial charge on any atom is -0.353 e. The molecule has 0 saturated carbocycles. The molecular weight excluding hydrogens is 630 g/mol. The van der Waals surface area contributed by atoms with Gasteiger partial charge in [-0.3, -0.25) is 29.2 Å². The van der Waals surface area contributed by atoms with Crippen LogP contribution in [0, 0.1) is 0 Å². The summed E-state index contributed by atoms with van der Waals surface area (Å²) >= 11 is 13.2. The van der Waals surface area contributed by atoms with Crippen molar-refractivity contribution in [2.24, 2.45) is 0 Å². The fourth-order valence-corrected chi connectivity index (χ4v) is 6.12. The van der Waals surface area contributed by atoms with Gasteiger partial charge in [-0.1, -0.05) is 40.6 Å². The van der Waals surface area contributed by atoms with E-state index in [0.29, 0.717) is 48.5 Å². The topological polar surface area (TPSA) is 135 Å². The van der Waals surface area contributed by atoms with Crippen LogP contribution in [0.4, 0.5) is 20.9 Å². The zero-order chi connectivity index (χ0) is 31.0. The number of alkyl halides is 1. The lowest BCUT2D eigenvalue weighted by Crippen LogP contribution is -2.43. The lowest BCUT2D eigenvalue weighted by molar-refractivity contribution is -0.120. The van der Waals surface area contributed by atoms with Crippen LogP contribution < -0.4 is 10.6 Å². The van der Waals surface area contributed by atoms with Crippen LogP contribution >= 0.6 is 34.5 Å². The summed E-state index contributed by atoms with van der Waals surface area (Å²) < 4.78 is 16.0. The zero-order valence-corrected chi connectivity index (χ0v) is 25.3. The Balaban J connectivity index is 1.19. The molecule has 0 aliphatic carbocycles. The summed E-state index contributed by atoms with van der Waals surface area (Å²) in [6, 6.07) is 9.35. The van der Waals surface area contributed by atoms with Crippen molar-refractivity contribution in [1.82, 2.24) is 29.6 Å². The molecule has 224 valence electrons. The fourth-order valence-electron chi connectivity index (χ4n) is 5.08. The Kier molecular flexibility index (Phi) is 8.36. The average Bonchev–Trinajstić information content (AvgIpc) is 3.72. The Morgan fingerprint density at radius 3 is 2.59 bits per heavy atom. The first-order chi connectivity index (χ1) is 21.2. The molecule has 1 saturated heterocycles. The molecule has 0 spiro atoms. The van der Waals surface area contributed by atoms with Gasteiger partial charge in [-0.25, -0.2) is 14.4 Å². The summed E-state index contributed by atoms with van der Waals surface area (Å²) in [5, 5.41) is 16.1. The van der Waals surface area contributed by atoms with Crippen LogP contribution in [0.1, 0.15) is 28.5 Å². The molecule has 3 aromatic heterocycles. The molecule has 2 atom stereocenters. The molecule has 2 N–H and O–H groups in total. The molecule has 4 heterocycles. The smallest absolute Gasteiger partial charge is 0.245 e. The summed E-state index contributed by atoms with van der Waals surface area (Å²) in [5.74, 6) is -1.14. The van der Waals surface area contributed by atoms with Gasteiger partial charge in [-0.15, -0.1) is 10.2 Å². The summed E-state index contributed by atoms with van der Waals surface area (Å²) in [7, 11) is 0. The number of anilines is 3. The van der Waals surface area contributed by atoms with Crippen molar-refractivity contribution in [2.45, 2.75) is 25.6 Å². The monoisotopic (exact) mass is 652 g/mol.